The Morgan fingerprint density at radius 3 is 2.44 bits per heavy atom. The van der Waals surface area contributed by atoms with E-state index in [2.05, 4.69) is 4.72 Å². The lowest BCUT2D eigenvalue weighted by Crippen LogP contribution is -2.38. The molecule has 1 heterocycles. The average molecular weight is 359 g/mol. The van der Waals surface area contributed by atoms with E-state index >= 15 is 0 Å². The summed E-state index contributed by atoms with van der Waals surface area (Å²) in [6, 6.07) is 12.7. The van der Waals surface area contributed by atoms with Gasteiger partial charge in [-0.15, -0.1) is 0 Å². The first kappa shape index (κ1) is 17.2. The summed E-state index contributed by atoms with van der Waals surface area (Å²) >= 11 is 0. The zero-order chi connectivity index (χ0) is 18.2. The maximum atomic E-state index is 12.2. The van der Waals surface area contributed by atoms with Crippen molar-refractivity contribution < 1.29 is 22.7 Å². The Balaban J connectivity index is 1.89. The van der Waals surface area contributed by atoms with Crippen LogP contribution < -0.4 is 4.72 Å². The highest BCUT2D eigenvalue weighted by atomic mass is 32.2. The molecule has 2 aromatic carbocycles. The molecule has 0 saturated carbocycles. The summed E-state index contributed by atoms with van der Waals surface area (Å²) in [6.07, 6.45) is 0. The second-order valence-corrected chi connectivity index (χ2v) is 7.57. The molecule has 0 amide bonds. The van der Waals surface area contributed by atoms with E-state index in [-0.39, 0.29) is 4.90 Å². The molecule has 3 rings (SSSR count). The number of carbonyl (C=O) groups is 1. The summed E-state index contributed by atoms with van der Waals surface area (Å²) in [5.41, 5.74) is 2.62. The number of benzene rings is 2. The molecule has 0 bridgehead atoms. The highest BCUT2D eigenvalue weighted by Crippen LogP contribution is 2.29. The Kier molecular flexibility index (Phi) is 4.36. The molecule has 3 aromatic rings. The van der Waals surface area contributed by atoms with Gasteiger partial charge in [-0.1, -0.05) is 11.6 Å². The summed E-state index contributed by atoms with van der Waals surface area (Å²) in [5, 5.41) is 9.81. The second kappa shape index (κ2) is 6.34. The Bertz CT molecular complexity index is 1040. The minimum atomic E-state index is -3.90. The third-order valence-electron chi connectivity index (χ3n) is 3.82. The Labute approximate surface area is 145 Å². The van der Waals surface area contributed by atoms with Crippen molar-refractivity contribution in [1.29, 1.82) is 0 Å². The molecule has 0 aliphatic heterocycles. The number of hydrogen-bond donors (Lipinski definition) is 2. The molecule has 0 spiro atoms. The zero-order valence-corrected chi connectivity index (χ0v) is 14.5. The second-order valence-electron chi connectivity index (χ2n) is 5.86. The van der Waals surface area contributed by atoms with Gasteiger partial charge in [0.1, 0.15) is 17.4 Å². The molecule has 0 radical (unpaired) electrons. The quantitative estimate of drug-likeness (QED) is 0.729. The van der Waals surface area contributed by atoms with Crippen molar-refractivity contribution >= 4 is 27.0 Å². The smallest absolute Gasteiger partial charge is 0.321 e. The number of carboxylic acids is 1. The third-order valence-corrected chi connectivity index (χ3v) is 5.38. The lowest BCUT2D eigenvalue weighted by atomic mass is 10.1. The standard InChI is InChI=1S/C18H17NO5S/c1-11-3-8-16-14(9-11)10-17(24-16)13-4-6-15(7-5-13)25(22,23)19-12(2)18(20)21/h3-10,12,19H,1-2H3,(H,20,21)/t12-/m1/s1. The van der Waals surface area contributed by atoms with Gasteiger partial charge in [-0.05, 0) is 56.3 Å². The highest BCUT2D eigenvalue weighted by Gasteiger charge is 2.21. The number of aryl methyl sites for hydroxylation is 1. The molecule has 0 fully saturated rings. The number of furan rings is 1. The van der Waals surface area contributed by atoms with Crippen LogP contribution in [0.1, 0.15) is 12.5 Å². The van der Waals surface area contributed by atoms with Crippen molar-refractivity contribution in [2.45, 2.75) is 24.8 Å². The predicted octanol–water partition coefficient (Wildman–Crippen LogP) is 3.16. The predicted molar refractivity (Wildman–Crippen MR) is 93.8 cm³/mol. The van der Waals surface area contributed by atoms with Gasteiger partial charge in [0.25, 0.3) is 0 Å². The number of sulfonamides is 1. The number of rotatable bonds is 5. The van der Waals surface area contributed by atoms with Crippen LogP contribution in [0.4, 0.5) is 0 Å². The Morgan fingerprint density at radius 1 is 1.12 bits per heavy atom. The normalized spacial score (nSPS) is 13.0. The molecule has 7 heteroatoms. The maximum Gasteiger partial charge on any atom is 0.321 e. The first-order chi connectivity index (χ1) is 11.8. The van der Waals surface area contributed by atoms with Gasteiger partial charge in [-0.2, -0.15) is 4.72 Å². The number of carboxylic acid groups (broad SMARTS) is 1. The van der Waals surface area contributed by atoms with Crippen LogP contribution in [0.2, 0.25) is 0 Å². The molecular weight excluding hydrogens is 342 g/mol. The molecule has 130 valence electrons. The fraction of sp³-hybridized carbons (Fsp3) is 0.167. The van der Waals surface area contributed by atoms with E-state index in [4.69, 9.17) is 9.52 Å². The monoisotopic (exact) mass is 359 g/mol. The Morgan fingerprint density at radius 2 is 1.80 bits per heavy atom. The zero-order valence-electron chi connectivity index (χ0n) is 13.7. The van der Waals surface area contributed by atoms with Crippen molar-refractivity contribution in [1.82, 2.24) is 4.72 Å². The van der Waals surface area contributed by atoms with E-state index in [1.165, 1.54) is 19.1 Å². The van der Waals surface area contributed by atoms with Crippen LogP contribution in [0.3, 0.4) is 0 Å². The third kappa shape index (κ3) is 3.57. The Hall–Kier alpha value is -2.64. The summed E-state index contributed by atoms with van der Waals surface area (Å²) in [6.45, 7) is 3.27. The largest absolute Gasteiger partial charge is 0.480 e. The van der Waals surface area contributed by atoms with Gasteiger partial charge < -0.3 is 9.52 Å². The van der Waals surface area contributed by atoms with E-state index < -0.39 is 22.0 Å². The van der Waals surface area contributed by atoms with Crippen molar-refractivity contribution in [3.8, 4) is 11.3 Å². The van der Waals surface area contributed by atoms with E-state index in [0.717, 1.165) is 22.1 Å². The van der Waals surface area contributed by atoms with E-state index in [0.29, 0.717) is 5.76 Å². The molecule has 1 aromatic heterocycles. The number of fused-ring (bicyclic) bond motifs is 1. The topological polar surface area (TPSA) is 96.6 Å². The maximum absolute atomic E-state index is 12.2. The number of hydrogen-bond acceptors (Lipinski definition) is 4. The average Bonchev–Trinajstić information content (AvgIpc) is 2.97. The minimum absolute atomic E-state index is 0.00342. The van der Waals surface area contributed by atoms with Gasteiger partial charge in [-0.3, -0.25) is 4.79 Å². The van der Waals surface area contributed by atoms with Crippen LogP contribution in [-0.4, -0.2) is 25.5 Å². The molecule has 0 saturated heterocycles. The number of aliphatic carboxylic acids is 1. The molecule has 0 unspecified atom stereocenters. The lowest BCUT2D eigenvalue weighted by molar-refractivity contribution is -0.138. The van der Waals surface area contributed by atoms with Gasteiger partial charge in [0.05, 0.1) is 4.90 Å². The van der Waals surface area contributed by atoms with Gasteiger partial charge in [0, 0.05) is 10.9 Å². The first-order valence-electron chi connectivity index (χ1n) is 7.62. The van der Waals surface area contributed by atoms with Gasteiger partial charge >= 0.3 is 5.97 Å². The van der Waals surface area contributed by atoms with Crippen LogP contribution >= 0.6 is 0 Å². The van der Waals surface area contributed by atoms with E-state index in [9.17, 15) is 13.2 Å². The van der Waals surface area contributed by atoms with Crippen LogP contribution in [-0.2, 0) is 14.8 Å². The van der Waals surface area contributed by atoms with Gasteiger partial charge in [-0.25, -0.2) is 8.42 Å². The minimum Gasteiger partial charge on any atom is -0.480 e. The molecule has 0 aliphatic rings. The molecular formula is C18H17NO5S. The summed E-state index contributed by atoms with van der Waals surface area (Å²) in [4.78, 5) is 10.8. The van der Waals surface area contributed by atoms with Crippen molar-refractivity contribution in [2.24, 2.45) is 0 Å². The van der Waals surface area contributed by atoms with Gasteiger partial charge in [0.2, 0.25) is 10.0 Å². The first-order valence-corrected chi connectivity index (χ1v) is 9.10. The SMILES string of the molecule is Cc1ccc2oc(-c3ccc(S(=O)(=O)N[C@H](C)C(=O)O)cc3)cc2c1. The number of nitrogens with one attached hydrogen (secondary N) is 1. The van der Waals surface area contributed by atoms with Crippen LogP contribution in [0.5, 0.6) is 0 Å². The molecule has 25 heavy (non-hydrogen) atoms. The highest BCUT2D eigenvalue weighted by molar-refractivity contribution is 7.89. The molecule has 0 aliphatic carbocycles. The van der Waals surface area contributed by atoms with Crippen LogP contribution in [0.25, 0.3) is 22.3 Å². The molecule has 2 N–H and O–H groups in total. The summed E-state index contributed by atoms with van der Waals surface area (Å²) < 4.78 is 32.2. The fourth-order valence-electron chi connectivity index (χ4n) is 2.45. The van der Waals surface area contributed by atoms with Crippen molar-refractivity contribution in [3.63, 3.8) is 0 Å². The van der Waals surface area contributed by atoms with Gasteiger partial charge in [0.15, 0.2) is 0 Å². The fourth-order valence-corrected chi connectivity index (χ4v) is 3.65. The van der Waals surface area contributed by atoms with E-state index in [1.54, 1.807) is 12.1 Å². The van der Waals surface area contributed by atoms with Crippen LogP contribution in [0, 0.1) is 6.92 Å². The van der Waals surface area contributed by atoms with E-state index in [1.807, 2.05) is 31.2 Å². The molecule has 6 nitrogen and oxygen atoms in total. The lowest BCUT2D eigenvalue weighted by Gasteiger charge is -2.10. The van der Waals surface area contributed by atoms with Crippen molar-refractivity contribution in [3.05, 3.63) is 54.1 Å². The summed E-state index contributed by atoms with van der Waals surface area (Å²) in [5.74, 6) is -0.603. The summed E-state index contributed by atoms with van der Waals surface area (Å²) in [7, 11) is -3.90. The molecule has 1 atom stereocenters. The van der Waals surface area contributed by atoms with Crippen molar-refractivity contribution in [2.75, 3.05) is 0 Å². The van der Waals surface area contributed by atoms with Crippen LogP contribution in [0.15, 0.2) is 57.8 Å².